The molecule has 1 aromatic heterocycles. The van der Waals surface area contributed by atoms with Crippen LogP contribution in [-0.4, -0.2) is 42.8 Å². The van der Waals surface area contributed by atoms with E-state index in [0.29, 0.717) is 50.2 Å². The average Bonchev–Trinajstić information content (AvgIpc) is 2.89. The van der Waals surface area contributed by atoms with Crippen LogP contribution >= 0.6 is 0 Å². The maximum Gasteiger partial charge on any atom is 0.275 e. The number of alkyl halides is 2. The average molecular weight is 440 g/mol. The lowest BCUT2D eigenvalue weighted by Crippen LogP contribution is -2.52. The van der Waals surface area contributed by atoms with Crippen molar-refractivity contribution in [1.82, 2.24) is 9.97 Å². The maximum atomic E-state index is 14.8. The number of hydrogen-bond acceptors (Lipinski definition) is 6. The zero-order valence-corrected chi connectivity index (χ0v) is 18.1. The molecule has 3 N–H and O–H groups in total. The van der Waals surface area contributed by atoms with Crippen LogP contribution in [0.1, 0.15) is 23.1 Å². The first-order valence-electron chi connectivity index (χ1n) is 10.9. The Kier molecular flexibility index (Phi) is 5.22. The van der Waals surface area contributed by atoms with Gasteiger partial charge in [-0.05, 0) is 24.6 Å². The summed E-state index contributed by atoms with van der Waals surface area (Å²) in [6.07, 6.45) is -0.282. The Hall–Kier alpha value is -2.84. The number of aryl methyl sites for hydroxylation is 1. The van der Waals surface area contributed by atoms with Crippen LogP contribution in [0.5, 0.6) is 0 Å². The first-order chi connectivity index (χ1) is 15.4. The molecule has 0 spiro atoms. The minimum absolute atomic E-state index is 0.0899. The molecule has 32 heavy (non-hydrogen) atoms. The highest BCUT2D eigenvalue weighted by atomic mass is 19.3. The van der Waals surface area contributed by atoms with E-state index in [0.717, 1.165) is 16.5 Å². The van der Waals surface area contributed by atoms with Crippen molar-refractivity contribution in [2.24, 2.45) is 11.1 Å². The molecule has 8 heteroatoms. The Labute approximate surface area is 185 Å². The molecule has 168 valence electrons. The molecule has 2 aliphatic rings. The quantitative estimate of drug-likeness (QED) is 0.629. The summed E-state index contributed by atoms with van der Waals surface area (Å²) >= 11 is 0. The molecule has 3 aromatic rings. The number of ether oxygens (including phenoxy) is 1. The topological polar surface area (TPSA) is 76.3 Å². The molecule has 3 heterocycles. The van der Waals surface area contributed by atoms with E-state index in [1.54, 1.807) is 18.2 Å². The van der Waals surface area contributed by atoms with Crippen LogP contribution in [0.4, 0.5) is 20.5 Å². The van der Waals surface area contributed by atoms with E-state index in [1.165, 1.54) is 6.07 Å². The number of halogens is 2. The first kappa shape index (κ1) is 21.0. The van der Waals surface area contributed by atoms with Crippen molar-refractivity contribution >= 4 is 22.7 Å². The Bertz CT molecular complexity index is 1140. The summed E-state index contributed by atoms with van der Waals surface area (Å²) in [5, 5.41) is 4.36. The molecular formula is C24H27F2N5O. The summed E-state index contributed by atoms with van der Waals surface area (Å²) in [6.45, 7) is 4.90. The van der Waals surface area contributed by atoms with Gasteiger partial charge in [0, 0.05) is 49.0 Å². The molecule has 0 aliphatic carbocycles. The summed E-state index contributed by atoms with van der Waals surface area (Å²) in [7, 11) is 0. The van der Waals surface area contributed by atoms with Crippen molar-refractivity contribution < 1.29 is 13.5 Å². The van der Waals surface area contributed by atoms with Gasteiger partial charge in [0.15, 0.2) is 0 Å². The second-order valence-electron chi connectivity index (χ2n) is 8.98. The van der Waals surface area contributed by atoms with Crippen molar-refractivity contribution in [2.45, 2.75) is 25.8 Å². The molecule has 0 unspecified atom stereocenters. The normalized spacial score (nSPS) is 19.2. The van der Waals surface area contributed by atoms with Gasteiger partial charge >= 0.3 is 0 Å². The fourth-order valence-corrected chi connectivity index (χ4v) is 4.34. The minimum atomic E-state index is -2.88. The maximum absolute atomic E-state index is 14.8. The highest BCUT2D eigenvalue weighted by molar-refractivity contribution is 5.90. The van der Waals surface area contributed by atoms with Gasteiger partial charge in [-0.15, -0.1) is 0 Å². The van der Waals surface area contributed by atoms with Crippen molar-refractivity contribution in [3.63, 3.8) is 0 Å². The van der Waals surface area contributed by atoms with E-state index < -0.39 is 5.92 Å². The number of rotatable bonds is 5. The van der Waals surface area contributed by atoms with Crippen LogP contribution in [0.3, 0.4) is 0 Å². The second kappa shape index (κ2) is 7.94. The van der Waals surface area contributed by atoms with Crippen LogP contribution < -0.4 is 16.0 Å². The van der Waals surface area contributed by atoms with Crippen LogP contribution in [0.2, 0.25) is 0 Å². The third-order valence-corrected chi connectivity index (χ3v) is 6.47. The lowest BCUT2D eigenvalue weighted by atomic mass is 9.86. The standard InChI is InChI=1S/C24H27F2N5O/c1-16-6-7-20-18(10-16)21(28-13-23(12-27)14-32-15-23)30-22(29-20)31-9-8-24(25,26)19-5-3-2-4-17(19)11-31/h2-7,10H,8-9,11-15,27H2,1H3,(H,28,29,30). The van der Waals surface area contributed by atoms with Crippen molar-refractivity contribution in [3.8, 4) is 0 Å². The fourth-order valence-electron chi connectivity index (χ4n) is 4.34. The fraction of sp³-hybridized carbons (Fsp3) is 0.417. The number of nitrogens with zero attached hydrogens (tertiary/aromatic N) is 3. The molecule has 0 bridgehead atoms. The molecule has 1 saturated heterocycles. The highest BCUT2D eigenvalue weighted by Crippen LogP contribution is 2.38. The van der Waals surface area contributed by atoms with Crippen LogP contribution in [-0.2, 0) is 17.2 Å². The van der Waals surface area contributed by atoms with Gasteiger partial charge in [-0.2, -0.15) is 4.98 Å². The SMILES string of the molecule is Cc1ccc2nc(N3CCC(F)(F)c4ccccc4C3)nc(NCC3(CN)COC3)c2c1. The largest absolute Gasteiger partial charge is 0.380 e. The van der Waals surface area contributed by atoms with Gasteiger partial charge in [0.05, 0.1) is 18.7 Å². The summed E-state index contributed by atoms with van der Waals surface area (Å²) in [5.74, 6) is -1.74. The van der Waals surface area contributed by atoms with Gasteiger partial charge in [-0.25, -0.2) is 13.8 Å². The number of anilines is 2. The smallest absolute Gasteiger partial charge is 0.275 e. The number of aromatic nitrogens is 2. The lowest BCUT2D eigenvalue weighted by molar-refractivity contribution is -0.0979. The second-order valence-corrected chi connectivity index (χ2v) is 8.98. The summed E-state index contributed by atoms with van der Waals surface area (Å²) in [6, 6.07) is 12.7. The Morgan fingerprint density at radius 3 is 2.72 bits per heavy atom. The van der Waals surface area contributed by atoms with E-state index in [-0.39, 0.29) is 23.9 Å². The van der Waals surface area contributed by atoms with E-state index in [9.17, 15) is 8.78 Å². The van der Waals surface area contributed by atoms with Crippen LogP contribution in [0, 0.1) is 12.3 Å². The van der Waals surface area contributed by atoms with Gasteiger partial charge in [-0.1, -0.05) is 35.9 Å². The molecule has 0 saturated carbocycles. The molecule has 6 nitrogen and oxygen atoms in total. The van der Waals surface area contributed by atoms with Gasteiger partial charge < -0.3 is 20.7 Å². The lowest BCUT2D eigenvalue weighted by Gasteiger charge is -2.40. The molecular weight excluding hydrogens is 412 g/mol. The van der Waals surface area contributed by atoms with Crippen molar-refractivity contribution in [1.29, 1.82) is 0 Å². The molecule has 1 fully saturated rings. The molecule has 0 radical (unpaired) electrons. The first-order valence-corrected chi connectivity index (χ1v) is 10.9. The zero-order chi connectivity index (χ0) is 22.3. The number of nitrogens with one attached hydrogen (secondary N) is 1. The number of hydrogen-bond donors (Lipinski definition) is 2. The van der Waals surface area contributed by atoms with Crippen LogP contribution in [0.25, 0.3) is 10.9 Å². The third kappa shape index (κ3) is 3.78. The molecule has 0 amide bonds. The van der Waals surface area contributed by atoms with Gasteiger partial charge in [-0.3, -0.25) is 0 Å². The number of benzene rings is 2. The van der Waals surface area contributed by atoms with Crippen molar-refractivity contribution in [3.05, 3.63) is 59.2 Å². The molecule has 0 atom stereocenters. The van der Waals surface area contributed by atoms with Gasteiger partial charge in [0.2, 0.25) is 5.95 Å². The predicted molar refractivity (Wildman–Crippen MR) is 121 cm³/mol. The van der Waals surface area contributed by atoms with E-state index in [4.69, 9.17) is 20.4 Å². The number of fused-ring (bicyclic) bond motifs is 2. The van der Waals surface area contributed by atoms with E-state index in [2.05, 4.69) is 5.32 Å². The summed E-state index contributed by atoms with van der Waals surface area (Å²) < 4.78 is 34.9. The predicted octanol–water partition coefficient (Wildman–Crippen LogP) is 3.83. The van der Waals surface area contributed by atoms with Crippen LogP contribution in [0.15, 0.2) is 42.5 Å². The highest BCUT2D eigenvalue weighted by Gasteiger charge is 2.38. The van der Waals surface area contributed by atoms with E-state index in [1.807, 2.05) is 30.0 Å². The minimum Gasteiger partial charge on any atom is -0.380 e. The molecule has 2 aromatic carbocycles. The van der Waals surface area contributed by atoms with Gasteiger partial charge in [0.25, 0.3) is 5.92 Å². The summed E-state index contributed by atoms with van der Waals surface area (Å²) in [5.41, 5.74) is 8.43. The third-order valence-electron chi connectivity index (χ3n) is 6.47. The Balaban J connectivity index is 1.52. The van der Waals surface area contributed by atoms with Crippen molar-refractivity contribution in [2.75, 3.05) is 43.1 Å². The zero-order valence-electron chi connectivity index (χ0n) is 18.1. The molecule has 5 rings (SSSR count). The summed E-state index contributed by atoms with van der Waals surface area (Å²) in [4.78, 5) is 11.4. The van der Waals surface area contributed by atoms with E-state index >= 15 is 0 Å². The Morgan fingerprint density at radius 2 is 1.97 bits per heavy atom. The van der Waals surface area contributed by atoms with Gasteiger partial charge in [0.1, 0.15) is 5.82 Å². The Morgan fingerprint density at radius 1 is 1.16 bits per heavy atom. The molecule has 2 aliphatic heterocycles. The number of nitrogens with two attached hydrogens (primary N) is 1. The monoisotopic (exact) mass is 439 g/mol.